The van der Waals surface area contributed by atoms with Gasteiger partial charge in [-0.1, -0.05) is 0 Å². The average molecular weight is 237 g/mol. The first-order valence-electron chi connectivity index (χ1n) is 1.50. The molecule has 0 saturated carbocycles. The summed E-state index contributed by atoms with van der Waals surface area (Å²) in [5.74, 6) is 0. The van der Waals surface area contributed by atoms with Crippen LogP contribution in [0, 0.1) is 0 Å². The zero-order valence-electron chi connectivity index (χ0n) is 2.76. The van der Waals surface area contributed by atoms with Crippen LogP contribution in [-0.2, 0) is 0 Å². The Balaban J connectivity index is 2.61. The monoisotopic (exact) mass is 236 g/mol. The second kappa shape index (κ2) is 2.32. The Labute approximate surface area is 48.2 Å². The molecule has 1 aliphatic heterocycles. The molecule has 26 valence electrons. The van der Waals surface area contributed by atoms with Gasteiger partial charge in [0.25, 0.3) is 0 Å². The minimum absolute atomic E-state index is 0.328. The van der Waals surface area contributed by atoms with Gasteiger partial charge >= 0.3 is 48.4 Å². The molecule has 0 amide bonds. The fourth-order valence-electron chi connectivity index (χ4n) is 0.236. The summed E-state index contributed by atoms with van der Waals surface area (Å²) in [4.78, 5) is 2.47. The molecule has 0 atom stereocenters. The van der Waals surface area contributed by atoms with Crippen LogP contribution in [0.4, 0.5) is 0 Å². The summed E-state index contributed by atoms with van der Waals surface area (Å²) in [5.41, 5.74) is 0. The van der Waals surface area contributed by atoms with E-state index < -0.39 is 0 Å². The minimum atomic E-state index is 0.328. The molecule has 1 rings (SSSR count). The number of hydrogen-bond acceptors (Lipinski definition) is 0. The van der Waals surface area contributed by atoms with E-state index in [1.807, 2.05) is 0 Å². The van der Waals surface area contributed by atoms with Crippen molar-refractivity contribution in [3.8, 4) is 0 Å². The SMILES string of the molecule is C1=[As][CH]=[Sb][CH2]1. The van der Waals surface area contributed by atoms with E-state index in [4.69, 9.17) is 0 Å². The molecular weight excluding hydrogens is 233 g/mol. The fourth-order valence-corrected chi connectivity index (χ4v) is 8.22. The Morgan fingerprint density at radius 2 is 2.80 bits per heavy atom. The molecule has 1 heterocycles. The first-order chi connectivity index (χ1) is 2.50. The van der Waals surface area contributed by atoms with Crippen LogP contribution in [0.25, 0.3) is 0 Å². The Morgan fingerprint density at radius 1 is 1.80 bits per heavy atom. The summed E-state index contributed by atoms with van der Waals surface area (Å²) in [6.07, 6.45) is 0. The Bertz CT molecular complexity index is 65.0. The fraction of sp³-hybridized carbons (Fsp3) is 0.333. The summed E-state index contributed by atoms with van der Waals surface area (Å²) in [6, 6.07) is 0. The third-order valence-corrected chi connectivity index (χ3v) is 9.27. The van der Waals surface area contributed by atoms with Crippen LogP contribution in [0.2, 0.25) is 4.37 Å². The number of hydrogen-bond donors (Lipinski definition) is 0. The first-order valence-corrected chi connectivity index (χ1v) is 6.94. The van der Waals surface area contributed by atoms with Crippen LogP contribution >= 0.6 is 0 Å². The average Bonchev–Trinajstić information content (AvgIpc) is 1.76. The molecule has 0 unspecified atom stereocenters. The molecule has 0 aromatic carbocycles. The van der Waals surface area contributed by atoms with Gasteiger partial charge in [0.1, 0.15) is 0 Å². The summed E-state index contributed by atoms with van der Waals surface area (Å²) >= 11 is 0.999. The van der Waals surface area contributed by atoms with E-state index >= 15 is 0 Å². The van der Waals surface area contributed by atoms with Crippen LogP contribution in [0.1, 0.15) is 0 Å². The molecule has 0 spiro atoms. The molecule has 0 bridgehead atoms. The van der Waals surface area contributed by atoms with Crippen molar-refractivity contribution in [2.24, 2.45) is 0 Å². The molecule has 2 heteroatoms. The molecule has 0 N–H and O–H groups in total. The van der Waals surface area contributed by atoms with Crippen molar-refractivity contribution in [3.05, 3.63) is 0 Å². The van der Waals surface area contributed by atoms with Crippen molar-refractivity contribution in [2.45, 2.75) is 4.37 Å². The molecule has 0 radical (unpaired) electrons. The quantitative estimate of drug-likeness (QED) is 0.493. The third-order valence-electron chi connectivity index (χ3n) is 0.441. The Hall–Kier alpha value is 1.12. The van der Waals surface area contributed by atoms with Gasteiger partial charge in [-0.3, -0.25) is 0 Å². The van der Waals surface area contributed by atoms with E-state index in [9.17, 15) is 0 Å². The van der Waals surface area contributed by atoms with Crippen molar-refractivity contribution < 1.29 is 0 Å². The van der Waals surface area contributed by atoms with Gasteiger partial charge in [0.2, 0.25) is 0 Å². The van der Waals surface area contributed by atoms with Gasteiger partial charge < -0.3 is 0 Å². The van der Waals surface area contributed by atoms with E-state index in [1.165, 1.54) is 4.37 Å². The predicted molar refractivity (Wildman–Crippen MR) is 28.4 cm³/mol. The van der Waals surface area contributed by atoms with E-state index in [2.05, 4.69) is 7.55 Å². The second-order valence-corrected chi connectivity index (χ2v) is 8.20. The van der Waals surface area contributed by atoms with Gasteiger partial charge in [-0.25, -0.2) is 0 Å². The molecule has 1 aliphatic rings. The molecule has 0 aliphatic carbocycles. The van der Waals surface area contributed by atoms with Crippen molar-refractivity contribution in [3.63, 3.8) is 0 Å². The van der Waals surface area contributed by atoms with Crippen molar-refractivity contribution >= 4 is 44.0 Å². The van der Waals surface area contributed by atoms with Crippen molar-refractivity contribution in [1.82, 2.24) is 0 Å². The van der Waals surface area contributed by atoms with E-state index in [1.54, 1.807) is 0 Å². The summed E-state index contributed by atoms with van der Waals surface area (Å²) in [6.45, 7) is 0. The molecule has 0 fully saturated rings. The van der Waals surface area contributed by atoms with Gasteiger partial charge in [0.15, 0.2) is 0 Å². The van der Waals surface area contributed by atoms with Gasteiger partial charge in [0.05, 0.1) is 0 Å². The van der Waals surface area contributed by atoms with Gasteiger partial charge in [-0.2, -0.15) is 0 Å². The normalized spacial score (nSPS) is 20.8. The van der Waals surface area contributed by atoms with E-state index in [-0.39, 0.29) is 0 Å². The van der Waals surface area contributed by atoms with E-state index in [0.717, 1.165) is 0 Å². The molecule has 0 nitrogen and oxygen atoms in total. The van der Waals surface area contributed by atoms with Gasteiger partial charge in [-0.15, -0.1) is 0 Å². The van der Waals surface area contributed by atoms with Gasteiger partial charge in [0, 0.05) is 0 Å². The first kappa shape index (κ1) is 4.28. The molecule has 0 aromatic rings. The Kier molecular flexibility index (Phi) is 1.98. The summed E-state index contributed by atoms with van der Waals surface area (Å²) < 4.78 is 4.06. The second-order valence-electron chi connectivity index (χ2n) is 0.812. The standard InChI is InChI=1S/C3H4As.Sb/c1-3-4-2;/h2-3H,1H2;. The zero-order valence-corrected chi connectivity index (χ0v) is 7.19. The van der Waals surface area contributed by atoms with Crippen LogP contribution in [0.15, 0.2) is 0 Å². The predicted octanol–water partition coefficient (Wildman–Crippen LogP) is -0.611. The van der Waals surface area contributed by atoms with Gasteiger partial charge in [-0.05, 0) is 0 Å². The Morgan fingerprint density at radius 3 is 3.00 bits per heavy atom. The molecule has 0 aromatic heterocycles. The summed E-state index contributed by atoms with van der Waals surface area (Å²) in [5, 5.41) is 0. The topological polar surface area (TPSA) is 0 Å². The maximum absolute atomic E-state index is 2.55. The van der Waals surface area contributed by atoms with Crippen LogP contribution in [-0.4, -0.2) is 44.0 Å². The van der Waals surface area contributed by atoms with Crippen molar-refractivity contribution in [2.75, 3.05) is 0 Å². The molecular formula is C3H4AsSb. The number of rotatable bonds is 0. The van der Waals surface area contributed by atoms with Crippen molar-refractivity contribution in [1.29, 1.82) is 0 Å². The zero-order chi connectivity index (χ0) is 3.54. The maximum atomic E-state index is 2.55. The van der Waals surface area contributed by atoms with Crippen LogP contribution < -0.4 is 0 Å². The summed E-state index contributed by atoms with van der Waals surface area (Å²) in [7, 11) is 0. The molecule has 5 heavy (non-hydrogen) atoms. The van der Waals surface area contributed by atoms with Crippen LogP contribution in [0.5, 0.6) is 0 Å². The van der Waals surface area contributed by atoms with Crippen LogP contribution in [0.3, 0.4) is 0 Å². The third kappa shape index (κ3) is 1.33. The van der Waals surface area contributed by atoms with E-state index in [0.29, 0.717) is 36.4 Å². The molecule has 0 saturated heterocycles.